The van der Waals surface area contributed by atoms with Crippen LogP contribution in [0.15, 0.2) is 18.2 Å². The average molecular weight is 307 g/mol. The molecule has 1 saturated heterocycles. The molecule has 1 fully saturated rings. The minimum absolute atomic E-state index is 0.0498. The zero-order valence-corrected chi connectivity index (χ0v) is 13.1. The molecule has 22 heavy (non-hydrogen) atoms. The zero-order valence-electron chi connectivity index (χ0n) is 13.1. The van der Waals surface area contributed by atoms with E-state index in [1.165, 1.54) is 6.07 Å². The maximum atomic E-state index is 12.3. The van der Waals surface area contributed by atoms with E-state index in [4.69, 9.17) is 4.74 Å². The van der Waals surface area contributed by atoms with Crippen LogP contribution in [0.3, 0.4) is 0 Å². The number of anilines is 1. The van der Waals surface area contributed by atoms with Crippen LogP contribution in [0.2, 0.25) is 0 Å². The predicted molar refractivity (Wildman–Crippen MR) is 83.3 cm³/mol. The summed E-state index contributed by atoms with van der Waals surface area (Å²) in [5.74, 6) is 0.293. The Kier molecular flexibility index (Phi) is 4.85. The number of ether oxygens (including phenoxy) is 1. The molecule has 120 valence electrons. The highest BCUT2D eigenvalue weighted by Gasteiger charge is 2.32. The fourth-order valence-electron chi connectivity index (χ4n) is 2.73. The minimum Gasteiger partial charge on any atom is -0.487 e. The summed E-state index contributed by atoms with van der Waals surface area (Å²) in [6.07, 6.45) is 1.71. The lowest BCUT2D eigenvalue weighted by Crippen LogP contribution is -2.42. The van der Waals surface area contributed by atoms with Crippen LogP contribution in [-0.4, -0.2) is 49.0 Å². The van der Waals surface area contributed by atoms with E-state index in [0.29, 0.717) is 6.61 Å². The van der Waals surface area contributed by atoms with Gasteiger partial charge in [0.2, 0.25) is 5.91 Å². The van der Waals surface area contributed by atoms with E-state index in [9.17, 15) is 14.9 Å². The molecule has 1 aliphatic rings. The first-order valence-corrected chi connectivity index (χ1v) is 7.34. The molecular formula is C15H21N3O4. The molecule has 0 aliphatic carbocycles. The van der Waals surface area contributed by atoms with Gasteiger partial charge in [-0.15, -0.1) is 0 Å². The van der Waals surface area contributed by atoms with Crippen molar-refractivity contribution in [3.63, 3.8) is 0 Å². The van der Waals surface area contributed by atoms with Crippen molar-refractivity contribution in [2.45, 2.75) is 25.8 Å². The number of carbonyl (C=O) groups is 1. The Morgan fingerprint density at radius 2 is 2.23 bits per heavy atom. The molecule has 0 saturated carbocycles. The molecule has 0 aromatic heterocycles. The molecule has 1 aliphatic heterocycles. The smallest absolute Gasteiger partial charge is 0.311 e. The molecule has 1 heterocycles. The molecule has 0 radical (unpaired) electrons. The van der Waals surface area contributed by atoms with E-state index in [-0.39, 0.29) is 23.4 Å². The van der Waals surface area contributed by atoms with Crippen molar-refractivity contribution in [1.29, 1.82) is 0 Å². The largest absolute Gasteiger partial charge is 0.487 e. The van der Waals surface area contributed by atoms with Gasteiger partial charge in [-0.25, -0.2) is 0 Å². The van der Waals surface area contributed by atoms with Crippen molar-refractivity contribution >= 4 is 17.3 Å². The van der Waals surface area contributed by atoms with Crippen LogP contribution in [-0.2, 0) is 4.79 Å². The van der Waals surface area contributed by atoms with Crippen molar-refractivity contribution in [2.75, 3.05) is 32.1 Å². The molecule has 2 rings (SSSR count). The lowest BCUT2D eigenvalue weighted by atomic mass is 10.1. The predicted octanol–water partition coefficient (Wildman–Crippen LogP) is 2.05. The van der Waals surface area contributed by atoms with Gasteiger partial charge in [-0.2, -0.15) is 0 Å². The summed E-state index contributed by atoms with van der Waals surface area (Å²) in [6, 6.07) is 4.56. The van der Waals surface area contributed by atoms with Gasteiger partial charge in [-0.1, -0.05) is 0 Å². The van der Waals surface area contributed by atoms with Crippen LogP contribution in [0.1, 0.15) is 19.8 Å². The third-order valence-electron chi connectivity index (χ3n) is 3.75. The van der Waals surface area contributed by atoms with Gasteiger partial charge in [-0.05, 0) is 25.8 Å². The quantitative estimate of drug-likeness (QED) is 0.614. The van der Waals surface area contributed by atoms with Crippen molar-refractivity contribution in [1.82, 2.24) is 4.90 Å². The lowest BCUT2D eigenvalue weighted by Gasteiger charge is -2.28. The molecule has 7 nitrogen and oxygen atoms in total. The first-order valence-electron chi connectivity index (χ1n) is 7.34. The number of carbonyl (C=O) groups excluding carboxylic acids is 1. The van der Waals surface area contributed by atoms with Crippen molar-refractivity contribution < 1.29 is 14.5 Å². The Morgan fingerprint density at radius 1 is 1.50 bits per heavy atom. The highest BCUT2D eigenvalue weighted by atomic mass is 16.6. The van der Waals surface area contributed by atoms with Crippen LogP contribution in [0.25, 0.3) is 0 Å². The highest BCUT2D eigenvalue weighted by molar-refractivity contribution is 5.85. The van der Waals surface area contributed by atoms with E-state index in [1.807, 2.05) is 4.90 Å². The topological polar surface area (TPSA) is 75.9 Å². The molecule has 1 amide bonds. The molecule has 1 aromatic carbocycles. The Morgan fingerprint density at radius 3 is 2.82 bits per heavy atom. The average Bonchev–Trinajstić information content (AvgIpc) is 2.95. The molecule has 1 atom stereocenters. The van der Waals surface area contributed by atoms with E-state index in [0.717, 1.165) is 25.1 Å². The van der Waals surface area contributed by atoms with Gasteiger partial charge < -0.3 is 14.5 Å². The Bertz CT molecular complexity index is 574. The summed E-state index contributed by atoms with van der Waals surface area (Å²) in [7, 11) is 3.47. The molecular weight excluding hydrogens is 286 g/mol. The Labute approximate surface area is 129 Å². The second-order valence-corrected chi connectivity index (χ2v) is 5.43. The molecule has 1 aromatic rings. The third-order valence-corrected chi connectivity index (χ3v) is 3.75. The fraction of sp³-hybridized carbons (Fsp3) is 0.533. The van der Waals surface area contributed by atoms with E-state index < -0.39 is 4.92 Å². The number of nitrogens with zero attached hydrogens (tertiary/aromatic N) is 3. The van der Waals surface area contributed by atoms with Gasteiger partial charge >= 0.3 is 5.69 Å². The Hall–Kier alpha value is -2.31. The normalized spacial score (nSPS) is 17.4. The summed E-state index contributed by atoms with van der Waals surface area (Å²) in [4.78, 5) is 26.4. The van der Waals surface area contributed by atoms with E-state index in [1.54, 1.807) is 38.1 Å². The number of amides is 1. The first kappa shape index (κ1) is 16.1. The first-order chi connectivity index (χ1) is 10.5. The van der Waals surface area contributed by atoms with Crippen molar-refractivity contribution in [3.8, 4) is 5.75 Å². The van der Waals surface area contributed by atoms with Gasteiger partial charge in [0.25, 0.3) is 0 Å². The van der Waals surface area contributed by atoms with Crippen LogP contribution in [0.5, 0.6) is 5.75 Å². The van der Waals surface area contributed by atoms with Crippen LogP contribution in [0, 0.1) is 10.1 Å². The van der Waals surface area contributed by atoms with Crippen LogP contribution >= 0.6 is 0 Å². The summed E-state index contributed by atoms with van der Waals surface area (Å²) in [5, 5.41) is 11.0. The maximum absolute atomic E-state index is 12.3. The second kappa shape index (κ2) is 6.64. The van der Waals surface area contributed by atoms with E-state index >= 15 is 0 Å². The van der Waals surface area contributed by atoms with Gasteiger partial charge in [0, 0.05) is 38.5 Å². The van der Waals surface area contributed by atoms with E-state index in [2.05, 4.69) is 0 Å². The number of nitro benzene ring substituents is 1. The molecule has 1 unspecified atom stereocenters. The second-order valence-electron chi connectivity index (χ2n) is 5.43. The number of likely N-dealkylation sites (N-methyl/N-ethyl adjacent to an activating group) is 1. The fourth-order valence-corrected chi connectivity index (χ4v) is 2.73. The zero-order chi connectivity index (χ0) is 16.3. The molecule has 7 heteroatoms. The highest BCUT2D eigenvalue weighted by Crippen LogP contribution is 2.34. The summed E-state index contributed by atoms with van der Waals surface area (Å²) in [6.45, 7) is 2.89. The van der Waals surface area contributed by atoms with Gasteiger partial charge in [0.1, 0.15) is 6.04 Å². The van der Waals surface area contributed by atoms with Crippen LogP contribution in [0.4, 0.5) is 11.4 Å². The van der Waals surface area contributed by atoms with Gasteiger partial charge in [0.05, 0.1) is 11.5 Å². The van der Waals surface area contributed by atoms with Crippen molar-refractivity contribution in [3.05, 3.63) is 28.3 Å². The van der Waals surface area contributed by atoms with Crippen LogP contribution < -0.4 is 9.64 Å². The van der Waals surface area contributed by atoms with Gasteiger partial charge in [-0.3, -0.25) is 14.9 Å². The van der Waals surface area contributed by atoms with Gasteiger partial charge in [0.15, 0.2) is 5.75 Å². The molecule has 0 spiro atoms. The standard InChI is InChI=1S/C15H21N3O4/c1-4-22-14-10-11(7-8-12(14)18(20)21)17-9-5-6-13(17)15(19)16(2)3/h7-8,10,13H,4-6,9H2,1-3H3. The number of nitro groups is 1. The third kappa shape index (κ3) is 3.13. The SMILES string of the molecule is CCOc1cc(N2CCCC2C(=O)N(C)C)ccc1[N+](=O)[O-]. The number of benzene rings is 1. The lowest BCUT2D eigenvalue weighted by molar-refractivity contribution is -0.385. The minimum atomic E-state index is -0.457. The monoisotopic (exact) mass is 307 g/mol. The number of hydrogen-bond acceptors (Lipinski definition) is 5. The number of rotatable bonds is 5. The van der Waals surface area contributed by atoms with Crippen molar-refractivity contribution in [2.24, 2.45) is 0 Å². The molecule has 0 bridgehead atoms. The summed E-state index contributed by atoms with van der Waals surface area (Å²) < 4.78 is 5.38. The molecule has 0 N–H and O–H groups in total. The summed E-state index contributed by atoms with van der Waals surface area (Å²) >= 11 is 0. The summed E-state index contributed by atoms with van der Waals surface area (Å²) in [5.41, 5.74) is 0.729. The number of hydrogen-bond donors (Lipinski definition) is 0. The maximum Gasteiger partial charge on any atom is 0.311 e. The Balaban J connectivity index is 2.33.